The number of benzene rings is 2. The molecule has 23 heavy (non-hydrogen) atoms. The van der Waals surface area contributed by atoms with Crippen LogP contribution in [0.1, 0.15) is 19.4 Å². The van der Waals surface area contributed by atoms with E-state index in [1.807, 2.05) is 48.0 Å². The van der Waals surface area contributed by atoms with Crippen LogP contribution in [-0.2, 0) is 6.54 Å². The molecule has 0 fully saturated rings. The number of oxazole rings is 1. The third-order valence-corrected chi connectivity index (χ3v) is 3.84. The lowest BCUT2D eigenvalue weighted by Crippen LogP contribution is -2.05. The number of rotatable bonds is 3. The zero-order chi connectivity index (χ0) is 16.0. The Hall–Kier alpha value is -2.69. The van der Waals surface area contributed by atoms with Crippen molar-refractivity contribution in [1.82, 2.24) is 20.0 Å². The Labute approximate surface area is 133 Å². The van der Waals surface area contributed by atoms with Crippen LogP contribution in [0, 0.1) is 12.8 Å². The normalized spacial score (nSPS) is 11.8. The first-order valence-electron chi connectivity index (χ1n) is 7.81. The van der Waals surface area contributed by atoms with Crippen molar-refractivity contribution in [3.63, 3.8) is 0 Å². The van der Waals surface area contributed by atoms with Crippen LogP contribution < -0.4 is 0 Å². The van der Waals surface area contributed by atoms with E-state index in [2.05, 4.69) is 29.1 Å². The Bertz CT molecular complexity index is 997. The maximum absolute atomic E-state index is 5.86. The fourth-order valence-corrected chi connectivity index (χ4v) is 2.75. The Morgan fingerprint density at radius 1 is 1.09 bits per heavy atom. The Morgan fingerprint density at radius 3 is 2.78 bits per heavy atom. The van der Waals surface area contributed by atoms with Gasteiger partial charge in [0.25, 0.3) is 0 Å². The third-order valence-electron chi connectivity index (χ3n) is 3.84. The van der Waals surface area contributed by atoms with Crippen molar-refractivity contribution in [2.45, 2.75) is 27.3 Å². The number of aryl methyl sites for hydroxylation is 1. The molecule has 2 aromatic carbocycles. The summed E-state index contributed by atoms with van der Waals surface area (Å²) in [6.07, 6.45) is 0. The average molecular weight is 306 g/mol. The molecule has 5 nitrogen and oxygen atoms in total. The lowest BCUT2D eigenvalue weighted by molar-refractivity contribution is 0.483. The van der Waals surface area contributed by atoms with Gasteiger partial charge in [0, 0.05) is 12.1 Å². The number of aromatic nitrogens is 4. The maximum atomic E-state index is 5.86. The minimum Gasteiger partial charge on any atom is -0.436 e. The van der Waals surface area contributed by atoms with Gasteiger partial charge in [0.2, 0.25) is 5.89 Å². The molecule has 0 saturated heterocycles. The van der Waals surface area contributed by atoms with Crippen LogP contribution in [0.4, 0.5) is 0 Å². The molecule has 2 aromatic heterocycles. The smallest absolute Gasteiger partial charge is 0.227 e. The van der Waals surface area contributed by atoms with Gasteiger partial charge in [0.15, 0.2) is 5.58 Å². The van der Waals surface area contributed by atoms with E-state index in [0.717, 1.165) is 34.2 Å². The van der Waals surface area contributed by atoms with Crippen LogP contribution in [-0.4, -0.2) is 20.0 Å². The summed E-state index contributed by atoms with van der Waals surface area (Å²) in [7, 11) is 0. The largest absolute Gasteiger partial charge is 0.436 e. The van der Waals surface area contributed by atoms with E-state index in [-0.39, 0.29) is 0 Å². The molecule has 0 saturated carbocycles. The van der Waals surface area contributed by atoms with Gasteiger partial charge in [-0.2, -0.15) is 0 Å². The van der Waals surface area contributed by atoms with Gasteiger partial charge in [-0.1, -0.05) is 25.1 Å². The van der Waals surface area contributed by atoms with Crippen LogP contribution in [0.5, 0.6) is 0 Å². The lowest BCUT2D eigenvalue weighted by Gasteiger charge is -2.04. The van der Waals surface area contributed by atoms with Crippen LogP contribution >= 0.6 is 0 Å². The summed E-state index contributed by atoms with van der Waals surface area (Å²) in [5, 5.41) is 8.51. The Morgan fingerprint density at radius 2 is 1.96 bits per heavy atom. The fourth-order valence-electron chi connectivity index (χ4n) is 2.75. The second-order valence-corrected chi connectivity index (χ2v) is 6.36. The number of nitrogens with zero attached hydrogens (tertiary/aromatic N) is 4. The molecular weight excluding hydrogens is 288 g/mol. The predicted octanol–water partition coefficient (Wildman–Crippen LogP) is 4.20. The highest BCUT2D eigenvalue weighted by molar-refractivity contribution is 5.82. The van der Waals surface area contributed by atoms with Crippen molar-refractivity contribution in [2.24, 2.45) is 5.92 Å². The molecular formula is C18H18N4O. The van der Waals surface area contributed by atoms with Gasteiger partial charge >= 0.3 is 0 Å². The Kier molecular flexibility index (Phi) is 3.15. The first-order chi connectivity index (χ1) is 11.1. The molecule has 116 valence electrons. The van der Waals surface area contributed by atoms with Gasteiger partial charge in [0.1, 0.15) is 11.0 Å². The number of fused-ring (bicyclic) bond motifs is 2. The second-order valence-electron chi connectivity index (χ2n) is 6.36. The molecule has 0 N–H and O–H groups in total. The summed E-state index contributed by atoms with van der Waals surface area (Å²) in [5.41, 5.74) is 5.67. The van der Waals surface area contributed by atoms with Crippen molar-refractivity contribution in [2.75, 3.05) is 0 Å². The van der Waals surface area contributed by atoms with Crippen LogP contribution in [0.3, 0.4) is 0 Å². The summed E-state index contributed by atoms with van der Waals surface area (Å²) < 4.78 is 7.81. The molecule has 0 amide bonds. The highest BCUT2D eigenvalue weighted by Crippen LogP contribution is 2.27. The highest BCUT2D eigenvalue weighted by atomic mass is 16.3. The lowest BCUT2D eigenvalue weighted by atomic mass is 10.2. The maximum Gasteiger partial charge on any atom is 0.227 e. The molecule has 2 heterocycles. The van der Waals surface area contributed by atoms with E-state index in [4.69, 9.17) is 4.42 Å². The monoisotopic (exact) mass is 306 g/mol. The number of hydrogen-bond acceptors (Lipinski definition) is 4. The molecule has 0 unspecified atom stereocenters. The van der Waals surface area contributed by atoms with E-state index in [0.29, 0.717) is 11.8 Å². The van der Waals surface area contributed by atoms with Gasteiger partial charge in [-0.3, -0.25) is 0 Å². The fraction of sp³-hybridized carbons (Fsp3) is 0.278. The minimum atomic E-state index is 0.528. The molecule has 0 aliphatic carbocycles. The molecule has 0 aliphatic rings. The van der Waals surface area contributed by atoms with Crippen molar-refractivity contribution in [3.05, 3.63) is 42.0 Å². The first-order valence-corrected chi connectivity index (χ1v) is 7.81. The third kappa shape index (κ3) is 2.48. The summed E-state index contributed by atoms with van der Waals surface area (Å²) in [6.45, 7) is 7.25. The molecule has 0 atom stereocenters. The zero-order valence-electron chi connectivity index (χ0n) is 13.4. The molecule has 0 bridgehead atoms. The molecule has 4 aromatic rings. The van der Waals surface area contributed by atoms with Gasteiger partial charge in [0.05, 0.1) is 5.52 Å². The first kappa shape index (κ1) is 13.9. The molecule has 4 rings (SSSR count). The van der Waals surface area contributed by atoms with Crippen molar-refractivity contribution in [1.29, 1.82) is 0 Å². The zero-order valence-corrected chi connectivity index (χ0v) is 13.4. The van der Waals surface area contributed by atoms with E-state index in [1.165, 1.54) is 5.56 Å². The van der Waals surface area contributed by atoms with Crippen molar-refractivity contribution in [3.8, 4) is 11.5 Å². The Balaban J connectivity index is 1.78. The predicted molar refractivity (Wildman–Crippen MR) is 90.1 cm³/mol. The van der Waals surface area contributed by atoms with Gasteiger partial charge in [-0.25, -0.2) is 9.67 Å². The topological polar surface area (TPSA) is 56.7 Å². The average Bonchev–Trinajstić information content (AvgIpc) is 3.10. The second kappa shape index (κ2) is 5.19. The van der Waals surface area contributed by atoms with Crippen molar-refractivity contribution < 1.29 is 4.42 Å². The standard InChI is InChI=1S/C18H18N4O/c1-11(2)10-22-16-6-5-13(9-14(16)20-21-22)18-19-15-8-12(3)4-7-17(15)23-18/h4-9,11H,10H2,1-3H3. The number of hydrogen-bond donors (Lipinski definition) is 0. The SMILES string of the molecule is Cc1ccc2oc(-c3ccc4c(c3)nnn4CC(C)C)nc2c1. The summed E-state index contributed by atoms with van der Waals surface area (Å²) in [4.78, 5) is 4.58. The molecule has 0 radical (unpaired) electrons. The van der Waals surface area contributed by atoms with E-state index in [9.17, 15) is 0 Å². The van der Waals surface area contributed by atoms with Crippen LogP contribution in [0.15, 0.2) is 40.8 Å². The van der Waals surface area contributed by atoms with E-state index < -0.39 is 0 Å². The minimum absolute atomic E-state index is 0.528. The van der Waals surface area contributed by atoms with E-state index >= 15 is 0 Å². The summed E-state index contributed by atoms with van der Waals surface area (Å²) in [5.74, 6) is 1.14. The van der Waals surface area contributed by atoms with Gasteiger partial charge in [-0.15, -0.1) is 5.10 Å². The highest BCUT2D eigenvalue weighted by Gasteiger charge is 2.12. The molecule has 0 aliphatic heterocycles. The van der Waals surface area contributed by atoms with Crippen molar-refractivity contribution >= 4 is 22.1 Å². The molecule has 5 heteroatoms. The summed E-state index contributed by atoms with van der Waals surface area (Å²) >= 11 is 0. The van der Waals surface area contributed by atoms with E-state index in [1.54, 1.807) is 0 Å². The quantitative estimate of drug-likeness (QED) is 0.569. The van der Waals surface area contributed by atoms with Crippen LogP contribution in [0.25, 0.3) is 33.6 Å². The molecule has 0 spiro atoms. The van der Waals surface area contributed by atoms with Gasteiger partial charge in [-0.05, 0) is 48.7 Å². The van der Waals surface area contributed by atoms with Gasteiger partial charge < -0.3 is 4.42 Å². The van der Waals surface area contributed by atoms with Crippen LogP contribution in [0.2, 0.25) is 0 Å². The summed E-state index contributed by atoms with van der Waals surface area (Å²) in [6, 6.07) is 12.0.